The van der Waals surface area contributed by atoms with E-state index in [0.717, 1.165) is 38.5 Å². The molecule has 0 saturated carbocycles. The summed E-state index contributed by atoms with van der Waals surface area (Å²) in [5, 5.41) is 21.0. The van der Waals surface area contributed by atoms with Gasteiger partial charge >= 0.3 is 0 Å². The first-order chi connectivity index (χ1) is 15.9. The van der Waals surface area contributed by atoms with E-state index in [1.54, 1.807) is 36.4 Å². The molecule has 0 radical (unpaired) electrons. The summed E-state index contributed by atoms with van der Waals surface area (Å²) in [7, 11) is -3.87. The first kappa shape index (κ1) is 27.2. The Bertz CT molecular complexity index is 879. The molecule has 0 fully saturated rings. The molecule has 0 saturated heterocycles. The number of unbranched alkanes of at least 4 members (excludes halogenated alkanes) is 10. The monoisotopic (exact) mass is 474 g/mol. The van der Waals surface area contributed by atoms with Gasteiger partial charge in [0.15, 0.2) is 0 Å². The van der Waals surface area contributed by atoms with E-state index in [1.165, 1.54) is 38.5 Å². The number of rotatable bonds is 16. The molecule has 2 rings (SSSR count). The van der Waals surface area contributed by atoms with Crippen LogP contribution >= 0.6 is 0 Å². The minimum absolute atomic E-state index is 0.0299. The van der Waals surface area contributed by atoms with E-state index in [1.807, 2.05) is 0 Å². The number of benzene rings is 2. The number of hydrogen-bond acceptors (Lipinski definition) is 4. The molecule has 0 aliphatic heterocycles. The van der Waals surface area contributed by atoms with E-state index < -0.39 is 9.84 Å². The minimum Gasteiger partial charge on any atom is -0.508 e. The Hall–Kier alpha value is -2.01. The van der Waals surface area contributed by atoms with Crippen molar-refractivity contribution in [3.63, 3.8) is 0 Å². The Kier molecular flexibility index (Phi) is 11.8. The third-order valence-corrected chi connectivity index (χ3v) is 8.28. The van der Waals surface area contributed by atoms with Crippen LogP contribution in [0.2, 0.25) is 0 Å². The first-order valence-electron chi connectivity index (χ1n) is 12.8. The van der Waals surface area contributed by atoms with Gasteiger partial charge in [-0.25, -0.2) is 8.42 Å². The Morgan fingerprint density at radius 2 is 0.939 bits per heavy atom. The Morgan fingerprint density at radius 3 is 1.33 bits per heavy atom. The number of hydrogen-bond donors (Lipinski definition) is 2. The van der Waals surface area contributed by atoms with Crippen LogP contribution in [0.4, 0.5) is 0 Å². The second-order valence-corrected chi connectivity index (χ2v) is 10.9. The molecular formula is C28H42O4S. The fraction of sp³-hybridized carbons (Fsp3) is 0.571. The molecule has 0 atom stereocenters. The van der Waals surface area contributed by atoms with Crippen molar-refractivity contribution in [3.05, 3.63) is 47.5 Å². The van der Waals surface area contributed by atoms with Crippen LogP contribution in [0.25, 0.3) is 0 Å². The highest BCUT2D eigenvalue weighted by molar-refractivity contribution is 7.91. The van der Waals surface area contributed by atoms with E-state index in [0.29, 0.717) is 24.0 Å². The Balaban J connectivity index is 2.22. The van der Waals surface area contributed by atoms with Crippen molar-refractivity contribution >= 4 is 9.84 Å². The van der Waals surface area contributed by atoms with Crippen molar-refractivity contribution < 1.29 is 18.6 Å². The van der Waals surface area contributed by atoms with Crippen LogP contribution in [-0.2, 0) is 22.7 Å². The molecule has 2 N–H and O–H groups in total. The van der Waals surface area contributed by atoms with Crippen molar-refractivity contribution in [1.82, 2.24) is 0 Å². The molecule has 4 nitrogen and oxygen atoms in total. The van der Waals surface area contributed by atoms with Crippen LogP contribution in [0.1, 0.15) is 102 Å². The maximum absolute atomic E-state index is 13.7. The summed E-state index contributed by atoms with van der Waals surface area (Å²) >= 11 is 0. The largest absolute Gasteiger partial charge is 0.508 e. The molecule has 0 aliphatic carbocycles. The molecule has 0 aromatic heterocycles. The highest BCUT2D eigenvalue weighted by Crippen LogP contribution is 2.35. The van der Waals surface area contributed by atoms with Crippen LogP contribution in [0.5, 0.6) is 11.5 Å². The number of phenolic OH excluding ortho intramolecular Hbond substituents is 2. The summed E-state index contributed by atoms with van der Waals surface area (Å²) in [4.78, 5) is 0.316. The number of phenols is 2. The van der Waals surface area contributed by atoms with E-state index >= 15 is 0 Å². The molecule has 2 aromatic rings. The van der Waals surface area contributed by atoms with Gasteiger partial charge in [-0.05, 0) is 49.9 Å². The second kappa shape index (κ2) is 14.3. The van der Waals surface area contributed by atoms with Gasteiger partial charge in [-0.2, -0.15) is 0 Å². The second-order valence-electron chi connectivity index (χ2n) is 9.05. The fourth-order valence-corrected chi connectivity index (χ4v) is 6.21. The highest BCUT2D eigenvalue weighted by Gasteiger charge is 2.26. The van der Waals surface area contributed by atoms with Crippen molar-refractivity contribution in [3.8, 4) is 11.5 Å². The third-order valence-electron chi connectivity index (χ3n) is 6.36. The Labute approximate surface area is 201 Å². The van der Waals surface area contributed by atoms with Gasteiger partial charge in [-0.3, -0.25) is 0 Å². The molecular weight excluding hydrogens is 432 g/mol. The molecule has 0 heterocycles. The normalized spacial score (nSPS) is 11.7. The van der Waals surface area contributed by atoms with E-state index in [-0.39, 0.29) is 21.3 Å². The van der Waals surface area contributed by atoms with Gasteiger partial charge in [0.1, 0.15) is 11.5 Å². The zero-order chi connectivity index (χ0) is 24.1. The highest BCUT2D eigenvalue weighted by atomic mass is 32.2. The zero-order valence-corrected chi connectivity index (χ0v) is 21.3. The smallest absolute Gasteiger partial charge is 0.207 e. The quantitative estimate of drug-likeness (QED) is 0.244. The topological polar surface area (TPSA) is 74.6 Å². The molecule has 33 heavy (non-hydrogen) atoms. The lowest BCUT2D eigenvalue weighted by Crippen LogP contribution is -2.09. The summed E-state index contributed by atoms with van der Waals surface area (Å²) in [5.74, 6) is 0.0597. The summed E-state index contributed by atoms with van der Waals surface area (Å²) in [5.41, 5.74) is 0.976. The van der Waals surface area contributed by atoms with E-state index in [2.05, 4.69) is 13.8 Å². The number of aromatic hydroxyl groups is 2. The van der Waals surface area contributed by atoms with Gasteiger partial charge in [0.25, 0.3) is 0 Å². The summed E-state index contributed by atoms with van der Waals surface area (Å²) < 4.78 is 27.4. The maximum atomic E-state index is 13.7. The minimum atomic E-state index is -3.87. The van der Waals surface area contributed by atoms with Gasteiger partial charge < -0.3 is 10.2 Å². The summed E-state index contributed by atoms with van der Waals surface area (Å²) in [6.45, 7) is 4.36. The standard InChI is InChI=1S/C28H42O4S/c1-3-5-7-9-11-13-17-23-25(29)19-15-21-27(23)33(31,32)28-22-16-20-26(30)24(28)18-14-12-10-8-6-4-2/h15-16,19-22,29-30H,3-14,17-18H2,1-2H3. The summed E-state index contributed by atoms with van der Waals surface area (Å²) in [6, 6.07) is 9.46. The lowest BCUT2D eigenvalue weighted by atomic mass is 10.0. The average molecular weight is 475 g/mol. The van der Waals surface area contributed by atoms with E-state index in [9.17, 15) is 18.6 Å². The third kappa shape index (κ3) is 8.06. The van der Waals surface area contributed by atoms with E-state index in [4.69, 9.17) is 0 Å². The van der Waals surface area contributed by atoms with Crippen LogP contribution in [-0.4, -0.2) is 18.6 Å². The SMILES string of the molecule is CCCCCCCCc1c(O)cccc1S(=O)(=O)c1cccc(O)c1CCCCCCCC. The van der Waals surface area contributed by atoms with Crippen molar-refractivity contribution in [2.24, 2.45) is 0 Å². The number of sulfone groups is 1. The molecule has 0 aliphatic rings. The molecule has 184 valence electrons. The van der Waals surface area contributed by atoms with Crippen molar-refractivity contribution in [1.29, 1.82) is 0 Å². The van der Waals surface area contributed by atoms with Crippen LogP contribution in [0.3, 0.4) is 0 Å². The first-order valence-corrected chi connectivity index (χ1v) is 14.3. The van der Waals surface area contributed by atoms with Gasteiger partial charge in [-0.1, -0.05) is 90.2 Å². The van der Waals surface area contributed by atoms with Gasteiger partial charge in [-0.15, -0.1) is 0 Å². The molecule has 0 spiro atoms. The van der Waals surface area contributed by atoms with Crippen LogP contribution in [0, 0.1) is 0 Å². The van der Waals surface area contributed by atoms with Crippen molar-refractivity contribution in [2.45, 2.75) is 114 Å². The molecule has 0 bridgehead atoms. The predicted octanol–water partition coefficient (Wildman–Crippen LogP) is 7.74. The molecule has 2 aromatic carbocycles. The van der Waals surface area contributed by atoms with Crippen LogP contribution in [0.15, 0.2) is 46.2 Å². The summed E-state index contributed by atoms with van der Waals surface area (Å²) in [6.07, 6.45) is 14.2. The Morgan fingerprint density at radius 1 is 0.576 bits per heavy atom. The van der Waals surface area contributed by atoms with Crippen molar-refractivity contribution in [2.75, 3.05) is 0 Å². The molecule has 5 heteroatoms. The molecule has 0 amide bonds. The van der Waals surface area contributed by atoms with Gasteiger partial charge in [0.2, 0.25) is 9.84 Å². The lowest BCUT2D eigenvalue weighted by molar-refractivity contribution is 0.461. The van der Waals surface area contributed by atoms with Crippen LogP contribution < -0.4 is 0 Å². The van der Waals surface area contributed by atoms with Gasteiger partial charge in [0.05, 0.1) is 9.79 Å². The van der Waals surface area contributed by atoms with Gasteiger partial charge in [0, 0.05) is 11.1 Å². The predicted molar refractivity (Wildman–Crippen MR) is 136 cm³/mol. The maximum Gasteiger partial charge on any atom is 0.207 e. The fourth-order valence-electron chi connectivity index (χ4n) is 4.40. The molecule has 0 unspecified atom stereocenters. The zero-order valence-electron chi connectivity index (χ0n) is 20.5. The lowest BCUT2D eigenvalue weighted by Gasteiger charge is -2.16. The average Bonchev–Trinajstić information content (AvgIpc) is 2.80.